The molecule has 2 aromatic heterocycles. The average Bonchev–Trinajstić information content (AvgIpc) is 2.49. The first-order valence-corrected chi connectivity index (χ1v) is 4.85. The van der Waals surface area contributed by atoms with E-state index in [1.54, 1.807) is 17.0 Å². The molecule has 0 aliphatic heterocycles. The van der Waals surface area contributed by atoms with Gasteiger partial charge in [-0.3, -0.25) is 4.79 Å². The normalized spacial score (nSPS) is 10.6. The average molecular weight is 254 g/mol. The van der Waals surface area contributed by atoms with E-state index in [0.29, 0.717) is 0 Å². The summed E-state index contributed by atoms with van der Waals surface area (Å²) in [6, 6.07) is 3.76. The zero-order valence-corrected chi connectivity index (χ0v) is 8.86. The summed E-state index contributed by atoms with van der Waals surface area (Å²) >= 11 is 3.41. The summed E-state index contributed by atoms with van der Waals surface area (Å²) in [5.74, 6) is -0.371. The van der Waals surface area contributed by atoms with Crippen molar-refractivity contribution < 1.29 is 4.79 Å². The molecule has 14 heavy (non-hydrogen) atoms. The van der Waals surface area contributed by atoms with E-state index in [0.717, 1.165) is 15.5 Å². The van der Waals surface area contributed by atoms with Gasteiger partial charge in [-0.15, -0.1) is 0 Å². The van der Waals surface area contributed by atoms with Crippen molar-refractivity contribution in [1.29, 1.82) is 0 Å². The van der Waals surface area contributed by atoms with Gasteiger partial charge in [0.25, 0.3) is 0 Å². The number of aromatic nitrogens is 2. The van der Waals surface area contributed by atoms with E-state index >= 15 is 0 Å². The van der Waals surface area contributed by atoms with Gasteiger partial charge in [-0.2, -0.15) is 0 Å². The SMILES string of the molecule is NC(=O)Cn1ccc2c(Br)ccnc21. The van der Waals surface area contributed by atoms with E-state index < -0.39 is 0 Å². The lowest BCUT2D eigenvalue weighted by atomic mass is 10.3. The van der Waals surface area contributed by atoms with E-state index in [1.165, 1.54) is 0 Å². The van der Waals surface area contributed by atoms with Gasteiger partial charge in [0, 0.05) is 22.3 Å². The number of primary amides is 1. The molecule has 0 aromatic carbocycles. The Morgan fingerprint density at radius 1 is 1.57 bits per heavy atom. The smallest absolute Gasteiger partial charge is 0.237 e. The van der Waals surface area contributed by atoms with Crippen LogP contribution in [0.1, 0.15) is 0 Å². The number of rotatable bonds is 2. The van der Waals surface area contributed by atoms with Crippen LogP contribution >= 0.6 is 15.9 Å². The highest BCUT2D eigenvalue weighted by atomic mass is 79.9. The maximum absolute atomic E-state index is 10.8. The molecule has 5 heteroatoms. The van der Waals surface area contributed by atoms with Crippen LogP contribution in [0.25, 0.3) is 11.0 Å². The Morgan fingerprint density at radius 2 is 2.36 bits per heavy atom. The molecule has 72 valence electrons. The molecular weight excluding hydrogens is 246 g/mol. The van der Waals surface area contributed by atoms with Crippen LogP contribution in [0.4, 0.5) is 0 Å². The number of carbonyl (C=O) groups excluding carboxylic acids is 1. The standard InChI is InChI=1S/C9H8BrN3O/c10-7-1-3-12-9-6(7)2-4-13(9)5-8(11)14/h1-4H,5H2,(H2,11,14). The van der Waals surface area contributed by atoms with Crippen LogP contribution in [0.2, 0.25) is 0 Å². The zero-order chi connectivity index (χ0) is 10.1. The molecule has 0 bridgehead atoms. The van der Waals surface area contributed by atoms with E-state index in [9.17, 15) is 4.79 Å². The first-order valence-electron chi connectivity index (χ1n) is 4.06. The molecule has 0 aliphatic rings. The fraction of sp³-hybridized carbons (Fsp3) is 0.111. The van der Waals surface area contributed by atoms with Crippen molar-refractivity contribution in [3.63, 3.8) is 0 Å². The molecule has 0 radical (unpaired) electrons. The van der Waals surface area contributed by atoms with Gasteiger partial charge in [0.1, 0.15) is 12.2 Å². The molecule has 0 spiro atoms. The van der Waals surface area contributed by atoms with Gasteiger partial charge in [-0.25, -0.2) is 4.98 Å². The van der Waals surface area contributed by atoms with Crippen LogP contribution in [-0.4, -0.2) is 15.5 Å². The number of amides is 1. The first-order chi connectivity index (χ1) is 6.68. The summed E-state index contributed by atoms with van der Waals surface area (Å²) in [6.45, 7) is 0.160. The molecule has 2 aromatic rings. The second kappa shape index (κ2) is 3.42. The minimum Gasteiger partial charge on any atom is -0.368 e. The Bertz CT molecular complexity index is 492. The van der Waals surface area contributed by atoms with Crippen LogP contribution in [0.5, 0.6) is 0 Å². The lowest BCUT2D eigenvalue weighted by Gasteiger charge is -2.00. The third-order valence-electron chi connectivity index (χ3n) is 1.94. The van der Waals surface area contributed by atoms with E-state index in [2.05, 4.69) is 20.9 Å². The number of carbonyl (C=O) groups is 1. The molecule has 0 aliphatic carbocycles. The summed E-state index contributed by atoms with van der Waals surface area (Å²) in [5.41, 5.74) is 5.88. The molecule has 2 rings (SSSR count). The number of hydrogen-bond acceptors (Lipinski definition) is 2. The summed E-state index contributed by atoms with van der Waals surface area (Å²) in [4.78, 5) is 14.9. The molecule has 4 nitrogen and oxygen atoms in total. The minimum atomic E-state index is -0.371. The Hall–Kier alpha value is -1.36. The van der Waals surface area contributed by atoms with E-state index in [1.807, 2.05) is 12.1 Å². The highest BCUT2D eigenvalue weighted by Crippen LogP contribution is 2.22. The van der Waals surface area contributed by atoms with Gasteiger partial charge in [0.2, 0.25) is 5.91 Å². The van der Waals surface area contributed by atoms with E-state index in [-0.39, 0.29) is 12.5 Å². The largest absolute Gasteiger partial charge is 0.368 e. The molecule has 0 unspecified atom stereocenters. The molecule has 0 fully saturated rings. The molecule has 2 N–H and O–H groups in total. The lowest BCUT2D eigenvalue weighted by molar-refractivity contribution is -0.118. The van der Waals surface area contributed by atoms with Crippen molar-refractivity contribution in [1.82, 2.24) is 9.55 Å². The van der Waals surface area contributed by atoms with E-state index in [4.69, 9.17) is 5.73 Å². The lowest BCUT2D eigenvalue weighted by Crippen LogP contribution is -2.18. The van der Waals surface area contributed by atoms with Crippen molar-refractivity contribution in [3.8, 4) is 0 Å². The van der Waals surface area contributed by atoms with Crippen LogP contribution in [0.3, 0.4) is 0 Å². The second-order valence-electron chi connectivity index (χ2n) is 2.94. The monoisotopic (exact) mass is 253 g/mol. The van der Waals surface area contributed by atoms with Gasteiger partial charge >= 0.3 is 0 Å². The van der Waals surface area contributed by atoms with Crippen LogP contribution in [0.15, 0.2) is 29.0 Å². The Labute approximate surface area is 88.9 Å². The summed E-state index contributed by atoms with van der Waals surface area (Å²) in [5, 5.41) is 0.980. The second-order valence-corrected chi connectivity index (χ2v) is 3.79. The van der Waals surface area contributed by atoms with Crippen LogP contribution in [0, 0.1) is 0 Å². The third kappa shape index (κ3) is 1.50. The maximum atomic E-state index is 10.8. The fourth-order valence-corrected chi connectivity index (χ4v) is 1.78. The van der Waals surface area contributed by atoms with Crippen molar-refractivity contribution in [2.24, 2.45) is 5.73 Å². The predicted octanol–water partition coefficient (Wildman–Crippen LogP) is 1.28. The molecule has 0 saturated heterocycles. The van der Waals surface area contributed by atoms with Gasteiger partial charge in [0.15, 0.2) is 0 Å². The van der Waals surface area contributed by atoms with Gasteiger partial charge < -0.3 is 10.3 Å². The third-order valence-corrected chi connectivity index (χ3v) is 2.63. The highest BCUT2D eigenvalue weighted by molar-refractivity contribution is 9.10. The number of nitrogens with two attached hydrogens (primary N) is 1. The van der Waals surface area contributed by atoms with Crippen molar-refractivity contribution >= 4 is 32.9 Å². The zero-order valence-electron chi connectivity index (χ0n) is 7.27. The van der Waals surface area contributed by atoms with Gasteiger partial charge in [-0.1, -0.05) is 0 Å². The van der Waals surface area contributed by atoms with Crippen LogP contribution < -0.4 is 5.73 Å². The quantitative estimate of drug-likeness (QED) is 0.877. The molecular formula is C9H8BrN3O. The Kier molecular flexibility index (Phi) is 2.25. The fourth-order valence-electron chi connectivity index (χ4n) is 1.35. The first kappa shape index (κ1) is 9.21. The molecule has 0 atom stereocenters. The topological polar surface area (TPSA) is 60.9 Å². The van der Waals surface area contributed by atoms with Gasteiger partial charge in [0.05, 0.1) is 0 Å². The van der Waals surface area contributed by atoms with Crippen molar-refractivity contribution in [3.05, 3.63) is 29.0 Å². The highest BCUT2D eigenvalue weighted by Gasteiger charge is 2.06. The molecule has 0 saturated carbocycles. The number of hydrogen-bond donors (Lipinski definition) is 1. The number of fused-ring (bicyclic) bond motifs is 1. The molecule has 2 heterocycles. The Morgan fingerprint density at radius 3 is 3.07 bits per heavy atom. The van der Waals surface area contributed by atoms with Crippen molar-refractivity contribution in [2.45, 2.75) is 6.54 Å². The van der Waals surface area contributed by atoms with Gasteiger partial charge in [-0.05, 0) is 28.1 Å². The van der Waals surface area contributed by atoms with Crippen LogP contribution in [-0.2, 0) is 11.3 Å². The summed E-state index contributed by atoms with van der Waals surface area (Å²) in [7, 11) is 0. The summed E-state index contributed by atoms with van der Waals surface area (Å²) in [6.07, 6.45) is 3.48. The van der Waals surface area contributed by atoms with Crippen molar-refractivity contribution in [2.75, 3.05) is 0 Å². The molecule has 1 amide bonds. The number of nitrogens with zero attached hydrogens (tertiary/aromatic N) is 2. The maximum Gasteiger partial charge on any atom is 0.237 e. The minimum absolute atomic E-state index is 0.160. The number of pyridine rings is 1. The summed E-state index contributed by atoms with van der Waals surface area (Å²) < 4.78 is 2.69. The Balaban J connectivity index is 2.58. The number of halogens is 1. The predicted molar refractivity (Wildman–Crippen MR) is 56.6 cm³/mol.